The van der Waals surface area contributed by atoms with E-state index in [4.69, 9.17) is 0 Å². The number of carbonyl (C=O) groups is 1. The Morgan fingerprint density at radius 3 is 2.08 bits per heavy atom. The van der Waals surface area contributed by atoms with E-state index >= 15 is 0 Å². The van der Waals surface area contributed by atoms with Gasteiger partial charge in [0.25, 0.3) is 15.9 Å². The Kier molecular flexibility index (Phi) is 8.33. The van der Waals surface area contributed by atoms with Crippen molar-refractivity contribution in [2.24, 2.45) is 0 Å². The maximum Gasteiger partial charge on any atom is 0.416 e. The maximum absolute atomic E-state index is 12.9. The second kappa shape index (κ2) is 11.4. The molecule has 1 heterocycles. The SMILES string of the molecule is O=C(Nc1ccc(S(=O)(=O)Nc2cccc(C(F)(F)F)c2)cc1)c1ccc(CS(=O)(=O)N2CCCCC2)cc1. The highest BCUT2D eigenvalue weighted by atomic mass is 32.2. The Morgan fingerprint density at radius 2 is 1.46 bits per heavy atom. The number of hydrogen-bond acceptors (Lipinski definition) is 5. The number of carbonyl (C=O) groups excluding carboxylic acids is 1. The third kappa shape index (κ3) is 7.37. The van der Waals surface area contributed by atoms with Crippen molar-refractivity contribution in [3.8, 4) is 0 Å². The van der Waals surface area contributed by atoms with Crippen molar-refractivity contribution < 1.29 is 34.8 Å². The lowest BCUT2D eigenvalue weighted by atomic mass is 10.1. The van der Waals surface area contributed by atoms with Gasteiger partial charge in [-0.05, 0) is 73.0 Å². The molecule has 1 aliphatic heterocycles. The van der Waals surface area contributed by atoms with Crippen LogP contribution in [0.2, 0.25) is 0 Å². The van der Waals surface area contributed by atoms with Crippen LogP contribution in [-0.2, 0) is 32.0 Å². The molecule has 0 aliphatic carbocycles. The Balaban J connectivity index is 1.38. The molecule has 208 valence electrons. The molecule has 4 rings (SSSR count). The molecule has 1 fully saturated rings. The van der Waals surface area contributed by atoms with Crippen molar-refractivity contribution >= 4 is 37.3 Å². The fourth-order valence-corrected chi connectivity index (χ4v) is 6.75. The van der Waals surface area contributed by atoms with Crippen molar-refractivity contribution in [2.75, 3.05) is 23.1 Å². The Labute approximate surface area is 224 Å². The van der Waals surface area contributed by atoms with Crippen LogP contribution in [0.1, 0.15) is 40.7 Å². The average molecular weight is 582 g/mol. The van der Waals surface area contributed by atoms with Gasteiger partial charge in [-0.2, -0.15) is 13.2 Å². The number of piperidine rings is 1. The lowest BCUT2D eigenvalue weighted by molar-refractivity contribution is -0.137. The van der Waals surface area contributed by atoms with E-state index in [9.17, 15) is 34.8 Å². The normalized spacial score (nSPS) is 15.1. The molecule has 8 nitrogen and oxygen atoms in total. The first-order valence-electron chi connectivity index (χ1n) is 12.0. The van der Waals surface area contributed by atoms with Crippen LogP contribution in [0.25, 0.3) is 0 Å². The molecule has 0 atom stereocenters. The van der Waals surface area contributed by atoms with Gasteiger partial charge in [0.15, 0.2) is 0 Å². The summed E-state index contributed by atoms with van der Waals surface area (Å²) in [7, 11) is -7.62. The number of alkyl halides is 3. The van der Waals surface area contributed by atoms with Gasteiger partial charge < -0.3 is 5.32 Å². The molecular weight excluding hydrogens is 555 g/mol. The highest BCUT2D eigenvalue weighted by Gasteiger charge is 2.31. The molecule has 2 N–H and O–H groups in total. The molecule has 3 aromatic carbocycles. The summed E-state index contributed by atoms with van der Waals surface area (Å²) in [6.07, 6.45) is -1.91. The summed E-state index contributed by atoms with van der Waals surface area (Å²) in [5.74, 6) is -0.641. The predicted molar refractivity (Wildman–Crippen MR) is 141 cm³/mol. The third-order valence-corrected chi connectivity index (χ3v) is 9.39. The zero-order valence-corrected chi connectivity index (χ0v) is 22.2. The Bertz CT molecular complexity index is 1530. The molecule has 0 bridgehead atoms. The van der Waals surface area contributed by atoms with Crippen molar-refractivity contribution in [2.45, 2.75) is 36.1 Å². The summed E-state index contributed by atoms with van der Waals surface area (Å²) in [4.78, 5) is 12.4. The van der Waals surface area contributed by atoms with E-state index in [-0.39, 0.29) is 27.6 Å². The second-order valence-electron chi connectivity index (χ2n) is 9.08. The molecule has 0 radical (unpaired) electrons. The lowest BCUT2D eigenvalue weighted by Gasteiger charge is -2.25. The van der Waals surface area contributed by atoms with Crippen LogP contribution in [0.4, 0.5) is 24.5 Å². The van der Waals surface area contributed by atoms with Gasteiger partial charge in [0.1, 0.15) is 0 Å². The number of anilines is 2. The zero-order valence-electron chi connectivity index (χ0n) is 20.6. The highest BCUT2D eigenvalue weighted by molar-refractivity contribution is 7.92. The molecule has 1 saturated heterocycles. The monoisotopic (exact) mass is 581 g/mol. The van der Waals surface area contributed by atoms with Gasteiger partial charge in [0.2, 0.25) is 10.0 Å². The molecule has 3 aromatic rings. The molecule has 0 saturated carbocycles. The van der Waals surface area contributed by atoms with Crippen molar-refractivity contribution in [3.63, 3.8) is 0 Å². The average Bonchev–Trinajstić information content (AvgIpc) is 2.89. The number of hydrogen-bond donors (Lipinski definition) is 2. The Morgan fingerprint density at radius 1 is 0.821 bits per heavy atom. The predicted octanol–water partition coefficient (Wildman–Crippen LogP) is 5.07. The minimum Gasteiger partial charge on any atom is -0.322 e. The number of nitrogens with one attached hydrogen (secondary N) is 2. The lowest BCUT2D eigenvalue weighted by Crippen LogP contribution is -2.36. The number of sulfonamides is 2. The largest absolute Gasteiger partial charge is 0.416 e. The summed E-state index contributed by atoms with van der Waals surface area (Å²) in [6, 6.07) is 15.1. The van der Waals surface area contributed by atoms with Crippen LogP contribution >= 0.6 is 0 Å². The number of nitrogens with zero attached hydrogens (tertiary/aromatic N) is 1. The first-order chi connectivity index (χ1) is 18.3. The van der Waals surface area contributed by atoms with Gasteiger partial charge in [-0.1, -0.05) is 24.6 Å². The number of amides is 1. The minimum atomic E-state index is -4.62. The van der Waals surface area contributed by atoms with E-state index in [0.29, 0.717) is 24.7 Å². The van der Waals surface area contributed by atoms with Gasteiger partial charge in [0, 0.05) is 30.0 Å². The van der Waals surface area contributed by atoms with Crippen molar-refractivity contribution in [1.29, 1.82) is 0 Å². The fourth-order valence-electron chi connectivity index (χ4n) is 4.09. The molecular formula is C26H26F3N3O5S2. The summed E-state index contributed by atoms with van der Waals surface area (Å²) < 4.78 is 92.8. The van der Waals surface area contributed by atoms with E-state index in [2.05, 4.69) is 10.0 Å². The molecule has 1 amide bonds. The second-order valence-corrected chi connectivity index (χ2v) is 12.7. The summed E-state index contributed by atoms with van der Waals surface area (Å²) in [6.45, 7) is 1.04. The molecule has 39 heavy (non-hydrogen) atoms. The smallest absolute Gasteiger partial charge is 0.322 e. The van der Waals surface area contributed by atoms with Gasteiger partial charge in [0.05, 0.1) is 16.2 Å². The first kappa shape index (κ1) is 28.6. The quantitative estimate of drug-likeness (QED) is 0.386. The van der Waals surface area contributed by atoms with Crippen molar-refractivity contribution in [3.05, 3.63) is 89.5 Å². The van der Waals surface area contributed by atoms with Gasteiger partial charge >= 0.3 is 6.18 Å². The summed E-state index contributed by atoms with van der Waals surface area (Å²) in [5.41, 5.74) is -0.112. The number of rotatable bonds is 8. The van der Waals surface area contributed by atoms with Crippen LogP contribution < -0.4 is 10.0 Å². The third-order valence-electron chi connectivity index (χ3n) is 6.14. The van der Waals surface area contributed by atoms with Gasteiger partial charge in [-0.25, -0.2) is 21.1 Å². The fraction of sp³-hybridized carbons (Fsp3) is 0.269. The minimum absolute atomic E-state index is 0.153. The van der Waals surface area contributed by atoms with Gasteiger partial charge in [-0.15, -0.1) is 0 Å². The van der Waals surface area contributed by atoms with Crippen LogP contribution in [0.3, 0.4) is 0 Å². The van der Waals surface area contributed by atoms with Crippen LogP contribution in [0.5, 0.6) is 0 Å². The first-order valence-corrected chi connectivity index (χ1v) is 15.1. The number of halogens is 3. The highest BCUT2D eigenvalue weighted by Crippen LogP contribution is 2.31. The van der Waals surface area contributed by atoms with Crippen LogP contribution in [0.15, 0.2) is 77.7 Å². The molecule has 0 spiro atoms. The molecule has 0 aromatic heterocycles. The molecule has 13 heteroatoms. The summed E-state index contributed by atoms with van der Waals surface area (Å²) in [5, 5.41) is 2.62. The maximum atomic E-state index is 12.9. The van der Waals surface area contributed by atoms with E-state index in [1.807, 2.05) is 0 Å². The molecule has 1 aliphatic rings. The van der Waals surface area contributed by atoms with Crippen molar-refractivity contribution in [1.82, 2.24) is 4.31 Å². The van der Waals surface area contributed by atoms with E-state index < -0.39 is 37.7 Å². The standard InChI is InChI=1S/C26H26F3N3O5S2/c27-26(28,29)21-5-4-6-23(17-21)31-39(36,37)24-13-11-22(12-14-24)30-25(33)20-9-7-19(8-10-20)18-38(34,35)32-15-2-1-3-16-32/h4-14,17,31H,1-3,15-16,18H2,(H,30,33). The van der Waals surface area contributed by atoms with Crippen LogP contribution in [-0.4, -0.2) is 40.1 Å². The summed E-state index contributed by atoms with van der Waals surface area (Å²) >= 11 is 0. The Hall–Kier alpha value is -3.42. The molecule has 0 unspecified atom stereocenters. The zero-order chi connectivity index (χ0) is 28.3. The topological polar surface area (TPSA) is 113 Å². The van der Waals surface area contributed by atoms with E-state index in [1.165, 1.54) is 46.8 Å². The van der Waals surface area contributed by atoms with E-state index in [0.717, 1.165) is 31.4 Å². The van der Waals surface area contributed by atoms with E-state index in [1.54, 1.807) is 12.1 Å². The van der Waals surface area contributed by atoms with Crippen LogP contribution in [0, 0.1) is 0 Å². The number of benzene rings is 3. The van der Waals surface area contributed by atoms with Gasteiger partial charge in [-0.3, -0.25) is 9.52 Å².